The van der Waals surface area contributed by atoms with Crippen LogP contribution in [0.4, 0.5) is 0 Å². The molecule has 0 aromatic heterocycles. The molecule has 0 bridgehead atoms. The molecule has 0 saturated heterocycles. The second-order valence-electron chi connectivity index (χ2n) is 14.8. The fraction of sp³-hybridized carbons (Fsp3) is 0.0175. The fourth-order valence-corrected chi connectivity index (χ4v) is 8.86. The number of benzene rings is 10. The van der Waals surface area contributed by atoms with Crippen molar-refractivity contribution in [2.24, 2.45) is 0 Å². The molecule has 0 aliphatic rings. The van der Waals surface area contributed by atoms with Crippen LogP contribution in [0.1, 0.15) is 12.5 Å². The van der Waals surface area contributed by atoms with Gasteiger partial charge in [-0.3, -0.25) is 0 Å². The first-order valence-electron chi connectivity index (χ1n) is 19.7. The van der Waals surface area contributed by atoms with E-state index in [0.29, 0.717) is 0 Å². The Hall–Kier alpha value is -7.28. The second kappa shape index (κ2) is 14.4. The van der Waals surface area contributed by atoms with Crippen LogP contribution in [0.3, 0.4) is 0 Å². The Bertz CT molecular complexity index is 3250. The molecule has 10 aromatic rings. The summed E-state index contributed by atoms with van der Waals surface area (Å²) in [5.74, 6) is 0. The average Bonchev–Trinajstić information content (AvgIpc) is 3.27. The summed E-state index contributed by atoms with van der Waals surface area (Å²) in [6, 6.07) is 69.5. The van der Waals surface area contributed by atoms with Gasteiger partial charge in [0.2, 0.25) is 0 Å². The lowest BCUT2D eigenvalue weighted by Gasteiger charge is -2.21. The zero-order chi connectivity index (χ0) is 38.3. The Kier molecular flexibility index (Phi) is 8.66. The maximum absolute atomic E-state index is 4.05. The van der Waals surface area contributed by atoms with Crippen LogP contribution >= 0.6 is 0 Å². The molecule has 0 fully saturated rings. The van der Waals surface area contributed by atoms with Crippen molar-refractivity contribution in [1.82, 2.24) is 0 Å². The summed E-state index contributed by atoms with van der Waals surface area (Å²) in [7, 11) is 0. The molecule has 0 amide bonds. The Balaban J connectivity index is 1.33. The first-order valence-corrected chi connectivity index (χ1v) is 19.7. The molecule has 0 spiro atoms. The van der Waals surface area contributed by atoms with Crippen LogP contribution in [-0.4, -0.2) is 0 Å². The minimum absolute atomic E-state index is 1.13. The largest absolute Gasteiger partial charge is 0.0990 e. The molecule has 0 saturated carbocycles. The van der Waals surface area contributed by atoms with E-state index in [1.165, 1.54) is 98.4 Å². The van der Waals surface area contributed by atoms with Crippen molar-refractivity contribution in [3.8, 4) is 44.5 Å². The predicted octanol–water partition coefficient (Wildman–Crippen LogP) is 16.3. The Labute approximate surface area is 334 Å². The lowest BCUT2D eigenvalue weighted by atomic mass is 9.82. The average molecular weight is 725 g/mol. The second-order valence-corrected chi connectivity index (χ2v) is 14.8. The van der Waals surface area contributed by atoms with E-state index in [-0.39, 0.29) is 0 Å². The zero-order valence-corrected chi connectivity index (χ0v) is 31.9. The molecule has 0 heteroatoms. The quantitative estimate of drug-likeness (QED) is 0.113. The molecule has 0 nitrogen and oxygen atoms in total. The zero-order valence-electron chi connectivity index (χ0n) is 31.9. The van der Waals surface area contributed by atoms with Crippen molar-refractivity contribution in [3.63, 3.8) is 0 Å². The van der Waals surface area contributed by atoms with Gasteiger partial charge in [0, 0.05) is 0 Å². The van der Waals surface area contributed by atoms with Gasteiger partial charge in [0.1, 0.15) is 0 Å². The minimum atomic E-state index is 1.13. The van der Waals surface area contributed by atoms with Crippen molar-refractivity contribution in [2.45, 2.75) is 6.92 Å². The summed E-state index contributed by atoms with van der Waals surface area (Å²) in [5, 5.41) is 12.3. The lowest BCUT2D eigenvalue weighted by molar-refractivity contribution is 1.62. The van der Waals surface area contributed by atoms with E-state index in [2.05, 4.69) is 220 Å². The number of hydrogen-bond donors (Lipinski definition) is 0. The van der Waals surface area contributed by atoms with Gasteiger partial charge in [-0.15, -0.1) is 0 Å². The molecule has 10 aromatic carbocycles. The highest BCUT2D eigenvalue weighted by Crippen LogP contribution is 2.47. The highest BCUT2D eigenvalue weighted by Gasteiger charge is 2.20. The molecule has 0 unspecified atom stereocenters. The van der Waals surface area contributed by atoms with Gasteiger partial charge >= 0.3 is 0 Å². The van der Waals surface area contributed by atoms with E-state index in [1.54, 1.807) is 0 Å². The van der Waals surface area contributed by atoms with E-state index in [1.807, 2.05) is 6.08 Å². The molecule has 57 heavy (non-hydrogen) atoms. The first-order chi connectivity index (χ1) is 28.2. The van der Waals surface area contributed by atoms with Crippen LogP contribution in [0, 0.1) is 0 Å². The number of fused-ring (bicyclic) bond motifs is 5. The predicted molar refractivity (Wildman–Crippen MR) is 249 cm³/mol. The van der Waals surface area contributed by atoms with E-state index in [9.17, 15) is 0 Å². The molecule has 0 N–H and O–H groups in total. The molecule has 0 radical (unpaired) electrons. The fourth-order valence-electron chi connectivity index (χ4n) is 8.86. The van der Waals surface area contributed by atoms with Crippen LogP contribution in [0.25, 0.3) is 104 Å². The standard InChI is InChI=1S/C57H40/c1-3-14-38(15-4-2)44-28-30-52-54(36-44)56(46-26-24-39-16-8-10-20-42(39)34-46)53-31-29-45(37-55(53)57(52)47-27-25-40-17-9-11-21-43(40)35-47)49-33-32-48(41-18-6-5-7-19-41)50-22-12-13-23-51(49)50/h3-37H,1H2,2H3/b15-4-,38-14+. The van der Waals surface area contributed by atoms with Crippen LogP contribution in [-0.2, 0) is 0 Å². The smallest absolute Gasteiger partial charge is 0.00259 e. The Morgan fingerprint density at radius 3 is 1.49 bits per heavy atom. The van der Waals surface area contributed by atoms with Gasteiger partial charge in [0.25, 0.3) is 0 Å². The monoisotopic (exact) mass is 724 g/mol. The minimum Gasteiger partial charge on any atom is -0.0990 e. The van der Waals surface area contributed by atoms with Gasteiger partial charge in [0.05, 0.1) is 0 Å². The third-order valence-corrected chi connectivity index (χ3v) is 11.5. The van der Waals surface area contributed by atoms with Crippen LogP contribution < -0.4 is 0 Å². The summed E-state index contributed by atoms with van der Waals surface area (Å²) in [6.45, 7) is 6.12. The Morgan fingerprint density at radius 2 is 0.895 bits per heavy atom. The SMILES string of the molecule is C=C/C=C(\C=C/C)c1ccc2c(-c3ccc4ccccc4c3)c3cc(-c4ccc(-c5ccccc5)c5ccccc45)ccc3c(-c3ccc4ccccc4c3)c2c1. The first kappa shape index (κ1) is 34.2. The molecule has 0 aliphatic carbocycles. The third kappa shape index (κ3) is 6.04. The lowest BCUT2D eigenvalue weighted by Crippen LogP contribution is -1.94. The molecule has 0 heterocycles. The molecular formula is C57H40. The van der Waals surface area contributed by atoms with Gasteiger partial charge in [-0.25, -0.2) is 0 Å². The summed E-state index contributed by atoms with van der Waals surface area (Å²) in [6.07, 6.45) is 8.25. The van der Waals surface area contributed by atoms with Crippen molar-refractivity contribution in [2.75, 3.05) is 0 Å². The van der Waals surface area contributed by atoms with Crippen molar-refractivity contribution < 1.29 is 0 Å². The summed E-state index contributed by atoms with van der Waals surface area (Å²) in [4.78, 5) is 0. The maximum Gasteiger partial charge on any atom is -0.00259 e. The summed E-state index contributed by atoms with van der Waals surface area (Å²) < 4.78 is 0. The Morgan fingerprint density at radius 1 is 0.386 bits per heavy atom. The van der Waals surface area contributed by atoms with Crippen LogP contribution in [0.15, 0.2) is 219 Å². The highest BCUT2D eigenvalue weighted by atomic mass is 14.2. The van der Waals surface area contributed by atoms with Crippen LogP contribution in [0.5, 0.6) is 0 Å². The normalized spacial score (nSPS) is 12.1. The molecule has 10 rings (SSSR count). The van der Waals surface area contributed by atoms with Crippen molar-refractivity contribution >= 4 is 59.4 Å². The topological polar surface area (TPSA) is 0 Å². The van der Waals surface area contributed by atoms with Gasteiger partial charge in [-0.2, -0.15) is 0 Å². The van der Waals surface area contributed by atoms with Crippen LogP contribution in [0.2, 0.25) is 0 Å². The number of rotatable bonds is 7. The molecular weight excluding hydrogens is 685 g/mol. The van der Waals surface area contributed by atoms with E-state index < -0.39 is 0 Å². The van der Waals surface area contributed by atoms with Gasteiger partial charge in [-0.1, -0.05) is 195 Å². The molecule has 268 valence electrons. The van der Waals surface area contributed by atoms with Gasteiger partial charge in [0.15, 0.2) is 0 Å². The highest BCUT2D eigenvalue weighted by molar-refractivity contribution is 6.23. The van der Waals surface area contributed by atoms with Gasteiger partial charge in [-0.05, 0) is 141 Å². The van der Waals surface area contributed by atoms with Crippen molar-refractivity contribution in [3.05, 3.63) is 225 Å². The van der Waals surface area contributed by atoms with E-state index in [4.69, 9.17) is 0 Å². The number of allylic oxidation sites excluding steroid dienone is 5. The summed E-state index contributed by atoms with van der Waals surface area (Å²) in [5.41, 5.74) is 12.1. The maximum atomic E-state index is 4.05. The van der Waals surface area contributed by atoms with E-state index in [0.717, 1.165) is 11.1 Å². The molecule has 0 aliphatic heterocycles. The number of hydrogen-bond acceptors (Lipinski definition) is 0. The van der Waals surface area contributed by atoms with Crippen molar-refractivity contribution in [1.29, 1.82) is 0 Å². The van der Waals surface area contributed by atoms with Gasteiger partial charge < -0.3 is 0 Å². The summed E-state index contributed by atoms with van der Waals surface area (Å²) >= 11 is 0. The molecule has 0 atom stereocenters. The third-order valence-electron chi connectivity index (χ3n) is 11.5. The van der Waals surface area contributed by atoms with E-state index >= 15 is 0 Å².